The summed E-state index contributed by atoms with van der Waals surface area (Å²) in [4.78, 5) is 38.2. The fraction of sp³-hybridized carbons (Fsp3) is 0.837. The smallest absolute Gasteiger partial charge is 0.306 e. The Morgan fingerprint density at radius 1 is 0.333 bits per heavy atom. The second-order valence-electron chi connectivity index (χ2n) is 29.5. The number of hydrogen-bond acceptors (Lipinski definition) is 8. The van der Waals surface area contributed by atoms with Crippen LogP contribution in [0.1, 0.15) is 412 Å². The standard InChI is InChI=1S/C86H160NO8P/c1-6-8-10-12-14-16-18-20-22-24-26-28-30-32-34-36-38-40-42-43-45-47-49-51-53-55-57-59-61-63-65-67-69-71-73-75-77-79-86(89)95-84(83-94-96(90,91)93-81-80-87(3,4)5)82-92-85(88)78-76-74-72-70-68-66-64-62-60-58-56-54-52-50-48-46-44-41-39-37-35-33-31-29-27-25-23-21-19-17-15-13-11-9-7-2/h8,10,14,16,20,22,26,28,32,34,38,40,84H,6-7,9,11-13,15,17-19,21,23-25,27,29-31,33,35-37,39,41-83H2,1-5H3/b10-8-,16-14-,22-20-,28-26-,34-32-,40-38-. The third-order valence-electron chi connectivity index (χ3n) is 18.7. The van der Waals surface area contributed by atoms with Gasteiger partial charge in [-0.1, -0.05) is 408 Å². The molecule has 0 bridgehead atoms. The lowest BCUT2D eigenvalue weighted by molar-refractivity contribution is -0.870. The Bertz CT molecular complexity index is 1850. The zero-order valence-corrected chi connectivity index (χ0v) is 65.2. The van der Waals surface area contributed by atoms with E-state index in [1.165, 1.54) is 302 Å². The van der Waals surface area contributed by atoms with Gasteiger partial charge in [0.2, 0.25) is 0 Å². The highest BCUT2D eigenvalue weighted by atomic mass is 31.2. The van der Waals surface area contributed by atoms with E-state index >= 15 is 0 Å². The summed E-state index contributed by atoms with van der Waals surface area (Å²) >= 11 is 0. The number of hydrogen-bond donors (Lipinski definition) is 0. The monoisotopic (exact) mass is 1370 g/mol. The van der Waals surface area contributed by atoms with E-state index in [-0.39, 0.29) is 32.0 Å². The number of likely N-dealkylation sites (N-methyl/N-ethyl adjacent to an activating group) is 1. The average molecular weight is 1370 g/mol. The number of esters is 2. The number of rotatable bonds is 78. The fourth-order valence-corrected chi connectivity index (χ4v) is 13.2. The Labute approximate surface area is 597 Å². The summed E-state index contributed by atoms with van der Waals surface area (Å²) in [6, 6.07) is 0. The molecule has 0 aliphatic carbocycles. The number of allylic oxidation sites excluding steroid dienone is 12. The van der Waals surface area contributed by atoms with Crippen molar-refractivity contribution in [1.82, 2.24) is 0 Å². The first-order valence-corrected chi connectivity index (χ1v) is 43.1. The van der Waals surface area contributed by atoms with Gasteiger partial charge in [-0.05, 0) is 64.2 Å². The summed E-state index contributed by atoms with van der Waals surface area (Å²) in [5.74, 6) is -0.811. The molecule has 96 heavy (non-hydrogen) atoms. The highest BCUT2D eigenvalue weighted by Gasteiger charge is 2.22. The van der Waals surface area contributed by atoms with Crippen LogP contribution in [0, 0.1) is 0 Å². The average Bonchev–Trinajstić information content (AvgIpc) is 2.72. The molecule has 0 rings (SSSR count). The molecule has 0 saturated heterocycles. The van der Waals surface area contributed by atoms with Crippen molar-refractivity contribution in [2.45, 2.75) is 418 Å². The zero-order valence-electron chi connectivity index (χ0n) is 64.3. The van der Waals surface area contributed by atoms with Gasteiger partial charge in [-0.2, -0.15) is 0 Å². The molecule has 0 radical (unpaired) electrons. The first-order valence-electron chi connectivity index (χ1n) is 41.6. The van der Waals surface area contributed by atoms with Gasteiger partial charge in [0.15, 0.2) is 6.10 Å². The number of nitrogens with zero attached hydrogens (tertiary/aromatic N) is 1. The highest BCUT2D eigenvalue weighted by Crippen LogP contribution is 2.38. The van der Waals surface area contributed by atoms with Crippen molar-refractivity contribution in [3.8, 4) is 0 Å². The molecular weight excluding hydrogens is 1210 g/mol. The number of phosphoric ester groups is 1. The van der Waals surface area contributed by atoms with E-state index in [1.807, 2.05) is 21.1 Å². The molecule has 0 aliphatic rings. The Morgan fingerprint density at radius 2 is 0.594 bits per heavy atom. The van der Waals surface area contributed by atoms with Crippen LogP contribution in [0.3, 0.4) is 0 Å². The van der Waals surface area contributed by atoms with E-state index in [2.05, 4.69) is 86.8 Å². The fourth-order valence-electron chi connectivity index (χ4n) is 12.4. The Hall–Kier alpha value is -2.55. The van der Waals surface area contributed by atoms with Gasteiger partial charge < -0.3 is 27.9 Å². The lowest BCUT2D eigenvalue weighted by atomic mass is 10.0. The maximum absolute atomic E-state index is 12.9. The van der Waals surface area contributed by atoms with Crippen molar-refractivity contribution < 1.29 is 42.1 Å². The van der Waals surface area contributed by atoms with Crippen molar-refractivity contribution in [1.29, 1.82) is 0 Å². The normalized spacial score (nSPS) is 13.4. The molecule has 0 aromatic rings. The maximum atomic E-state index is 12.9. The van der Waals surface area contributed by atoms with Gasteiger partial charge in [0, 0.05) is 12.8 Å². The minimum absolute atomic E-state index is 0.0292. The third-order valence-corrected chi connectivity index (χ3v) is 19.7. The highest BCUT2D eigenvalue weighted by molar-refractivity contribution is 7.45. The first-order chi connectivity index (χ1) is 47.0. The maximum Gasteiger partial charge on any atom is 0.306 e. The van der Waals surface area contributed by atoms with E-state index < -0.39 is 26.5 Å². The zero-order chi connectivity index (χ0) is 69.7. The molecule has 9 nitrogen and oxygen atoms in total. The van der Waals surface area contributed by atoms with Crippen LogP contribution in [0.15, 0.2) is 72.9 Å². The lowest BCUT2D eigenvalue weighted by Gasteiger charge is -2.28. The van der Waals surface area contributed by atoms with Crippen molar-refractivity contribution in [3.63, 3.8) is 0 Å². The molecule has 0 fully saturated rings. The van der Waals surface area contributed by atoms with Gasteiger partial charge in [0.25, 0.3) is 7.82 Å². The van der Waals surface area contributed by atoms with Gasteiger partial charge in [0.1, 0.15) is 19.8 Å². The summed E-state index contributed by atoms with van der Waals surface area (Å²) in [6.07, 6.45) is 105. The number of quaternary nitrogens is 1. The van der Waals surface area contributed by atoms with E-state index in [1.54, 1.807) is 0 Å². The second kappa shape index (κ2) is 76.6. The SMILES string of the molecule is CC/C=C\C/C=C\C/C=C\C/C=C\C/C=C\C/C=C\CCCCCCCCCCCCCCCCCCCCC(=O)OC(COC(=O)CCCCCCCCCCCCCCCCCCCCCCCCCCCCCCCCCCCCC)COP(=O)([O-])OCC[N+](C)(C)C. The Kier molecular flexibility index (Phi) is 74.6. The first kappa shape index (κ1) is 93.5. The molecular formula is C86H160NO8P. The number of ether oxygens (including phenoxy) is 2. The van der Waals surface area contributed by atoms with Crippen molar-refractivity contribution >= 4 is 19.8 Å². The summed E-state index contributed by atoms with van der Waals surface area (Å²) in [5, 5.41) is 0. The number of carbonyl (C=O) groups is 2. The molecule has 0 spiro atoms. The van der Waals surface area contributed by atoms with E-state index in [4.69, 9.17) is 18.5 Å². The van der Waals surface area contributed by atoms with Gasteiger partial charge in [-0.3, -0.25) is 14.2 Å². The topological polar surface area (TPSA) is 111 Å². The molecule has 562 valence electrons. The quantitative estimate of drug-likeness (QED) is 0.0195. The van der Waals surface area contributed by atoms with E-state index in [0.717, 1.165) is 77.0 Å². The summed E-state index contributed by atoms with van der Waals surface area (Å²) in [5.41, 5.74) is 0. The van der Waals surface area contributed by atoms with Gasteiger partial charge in [-0.25, -0.2) is 0 Å². The summed E-state index contributed by atoms with van der Waals surface area (Å²) in [6.45, 7) is 4.20. The predicted octanol–water partition coefficient (Wildman–Crippen LogP) is 27.2. The Balaban J connectivity index is 3.91. The molecule has 2 unspecified atom stereocenters. The summed E-state index contributed by atoms with van der Waals surface area (Å²) < 4.78 is 34.5. The van der Waals surface area contributed by atoms with Crippen molar-refractivity contribution in [3.05, 3.63) is 72.9 Å². The molecule has 0 aliphatic heterocycles. The largest absolute Gasteiger partial charge is 0.756 e. The van der Waals surface area contributed by atoms with Gasteiger partial charge in [-0.15, -0.1) is 0 Å². The van der Waals surface area contributed by atoms with Crippen LogP contribution in [-0.4, -0.2) is 70.0 Å². The summed E-state index contributed by atoms with van der Waals surface area (Å²) in [7, 11) is 1.19. The van der Waals surface area contributed by atoms with Crippen molar-refractivity contribution in [2.75, 3.05) is 47.5 Å². The molecule has 2 atom stereocenters. The molecule has 10 heteroatoms. The molecule has 0 N–H and O–H groups in total. The van der Waals surface area contributed by atoms with E-state index in [0.29, 0.717) is 17.4 Å². The van der Waals surface area contributed by atoms with Gasteiger partial charge >= 0.3 is 11.9 Å². The molecule has 0 heterocycles. The van der Waals surface area contributed by atoms with Crippen LogP contribution in [0.25, 0.3) is 0 Å². The van der Waals surface area contributed by atoms with Crippen LogP contribution in [-0.2, 0) is 32.7 Å². The van der Waals surface area contributed by atoms with Crippen LogP contribution >= 0.6 is 7.82 Å². The third kappa shape index (κ3) is 80.4. The van der Waals surface area contributed by atoms with E-state index in [9.17, 15) is 19.0 Å². The minimum atomic E-state index is -4.65. The van der Waals surface area contributed by atoms with Crippen LogP contribution in [0.5, 0.6) is 0 Å². The van der Waals surface area contributed by atoms with Gasteiger partial charge in [0.05, 0.1) is 27.7 Å². The number of unbranched alkanes of at least 4 members (excludes halogenated alkanes) is 52. The van der Waals surface area contributed by atoms with Crippen molar-refractivity contribution in [2.24, 2.45) is 0 Å². The molecule has 0 amide bonds. The predicted molar refractivity (Wildman–Crippen MR) is 416 cm³/mol. The molecule has 0 saturated carbocycles. The minimum Gasteiger partial charge on any atom is -0.756 e. The van der Waals surface area contributed by atoms with Crippen LogP contribution < -0.4 is 4.89 Å². The van der Waals surface area contributed by atoms with Crippen LogP contribution in [0.4, 0.5) is 0 Å². The molecule has 0 aromatic carbocycles. The Morgan fingerprint density at radius 3 is 0.885 bits per heavy atom. The number of phosphoric acid groups is 1. The number of carbonyl (C=O) groups excluding carboxylic acids is 2. The second-order valence-corrected chi connectivity index (χ2v) is 30.9. The van der Waals surface area contributed by atoms with Crippen LogP contribution in [0.2, 0.25) is 0 Å². The molecule has 0 aromatic heterocycles. The lowest BCUT2D eigenvalue weighted by Crippen LogP contribution is -2.37.